The Labute approximate surface area is 171 Å². The first-order valence-corrected chi connectivity index (χ1v) is 10.2. The van der Waals surface area contributed by atoms with Crippen molar-refractivity contribution in [2.45, 2.75) is 26.8 Å². The van der Waals surface area contributed by atoms with Crippen LogP contribution in [-0.2, 0) is 4.79 Å². The fraction of sp³-hybridized carbons (Fsp3) is 0.364. The molecular weight excluding hydrogens is 372 g/mol. The monoisotopic (exact) mass is 398 g/mol. The van der Waals surface area contributed by atoms with Gasteiger partial charge in [-0.1, -0.05) is 55.8 Å². The Hall–Kier alpha value is -2.37. The molecule has 1 unspecified atom stereocenters. The average molecular weight is 399 g/mol. The van der Waals surface area contributed by atoms with Crippen LogP contribution in [0.5, 0.6) is 0 Å². The summed E-state index contributed by atoms with van der Waals surface area (Å²) in [6.45, 7) is 9.56. The van der Waals surface area contributed by atoms with E-state index in [0.29, 0.717) is 11.6 Å². The van der Waals surface area contributed by atoms with Crippen LogP contribution in [0.2, 0.25) is 5.02 Å². The summed E-state index contributed by atoms with van der Waals surface area (Å²) in [5.74, 6) is -0.0360. The third-order valence-electron chi connectivity index (χ3n) is 5.08. The number of carbonyl (C=O) groups excluding carboxylic acids is 1. The molecule has 148 valence electrons. The number of halogens is 1. The molecule has 1 atom stereocenters. The van der Waals surface area contributed by atoms with Gasteiger partial charge in [0.25, 0.3) is 0 Å². The maximum absolute atomic E-state index is 12.7. The number of nitrogens with one attached hydrogen (secondary N) is 1. The Morgan fingerprint density at radius 1 is 1.18 bits per heavy atom. The van der Waals surface area contributed by atoms with Gasteiger partial charge in [-0.25, -0.2) is 0 Å². The van der Waals surface area contributed by atoms with Crippen LogP contribution in [0, 0.1) is 0 Å². The predicted octanol–water partition coefficient (Wildman–Crippen LogP) is 4.38. The van der Waals surface area contributed by atoms with Gasteiger partial charge in [0.05, 0.1) is 5.52 Å². The van der Waals surface area contributed by atoms with Crippen molar-refractivity contribution in [3.8, 4) is 11.3 Å². The molecular formula is C22H27ClN4O. The summed E-state index contributed by atoms with van der Waals surface area (Å²) in [6.07, 6.45) is 0. The Kier molecular flexibility index (Phi) is 6.70. The molecule has 0 spiro atoms. The van der Waals surface area contributed by atoms with Gasteiger partial charge in [-0.3, -0.25) is 9.48 Å². The number of rotatable bonds is 8. The first-order valence-electron chi connectivity index (χ1n) is 9.78. The van der Waals surface area contributed by atoms with Crippen molar-refractivity contribution >= 4 is 28.4 Å². The first kappa shape index (κ1) is 20.4. The molecule has 0 aliphatic heterocycles. The lowest BCUT2D eigenvalue weighted by atomic mass is 10.1. The van der Waals surface area contributed by atoms with E-state index in [4.69, 9.17) is 16.7 Å². The smallest absolute Gasteiger partial charge is 0.244 e. The first-order chi connectivity index (χ1) is 13.5. The van der Waals surface area contributed by atoms with E-state index in [1.54, 1.807) is 4.68 Å². The van der Waals surface area contributed by atoms with Crippen molar-refractivity contribution in [1.82, 2.24) is 20.0 Å². The SMILES string of the molecule is CCN(CC)CCNC(=O)C(C)n1nc(-c2ccccc2)c2cc(Cl)ccc21. The third-order valence-corrected chi connectivity index (χ3v) is 5.32. The second-order valence-corrected chi connectivity index (χ2v) is 7.25. The van der Waals surface area contributed by atoms with Crippen molar-refractivity contribution in [1.29, 1.82) is 0 Å². The van der Waals surface area contributed by atoms with Crippen molar-refractivity contribution < 1.29 is 4.79 Å². The molecule has 1 aromatic heterocycles. The average Bonchev–Trinajstić information content (AvgIpc) is 3.09. The number of nitrogens with zero attached hydrogens (tertiary/aromatic N) is 3. The molecule has 0 fully saturated rings. The number of carbonyl (C=O) groups is 1. The van der Waals surface area contributed by atoms with Crippen LogP contribution in [0.25, 0.3) is 22.2 Å². The van der Waals surface area contributed by atoms with Crippen molar-refractivity contribution in [2.75, 3.05) is 26.2 Å². The lowest BCUT2D eigenvalue weighted by molar-refractivity contribution is -0.124. The number of aromatic nitrogens is 2. The molecule has 0 bridgehead atoms. The van der Waals surface area contributed by atoms with E-state index in [1.807, 2.05) is 55.5 Å². The molecule has 1 amide bonds. The zero-order valence-electron chi connectivity index (χ0n) is 16.7. The molecule has 5 nitrogen and oxygen atoms in total. The highest BCUT2D eigenvalue weighted by molar-refractivity contribution is 6.31. The number of benzene rings is 2. The Morgan fingerprint density at radius 2 is 1.89 bits per heavy atom. The maximum atomic E-state index is 12.7. The van der Waals surface area contributed by atoms with E-state index in [0.717, 1.165) is 41.8 Å². The summed E-state index contributed by atoms with van der Waals surface area (Å²) < 4.78 is 1.79. The van der Waals surface area contributed by atoms with Crippen molar-refractivity contribution in [2.24, 2.45) is 0 Å². The minimum absolute atomic E-state index is 0.0360. The topological polar surface area (TPSA) is 50.2 Å². The second-order valence-electron chi connectivity index (χ2n) is 6.81. The molecule has 6 heteroatoms. The standard InChI is InChI=1S/C22H27ClN4O/c1-4-26(5-2)14-13-24-22(28)16(3)27-20-12-11-18(23)15-19(20)21(25-27)17-9-7-6-8-10-17/h6-12,15-16H,4-5,13-14H2,1-3H3,(H,24,28). The van der Waals surface area contributed by atoms with Crippen molar-refractivity contribution in [3.63, 3.8) is 0 Å². The van der Waals surface area contributed by atoms with Gasteiger partial charge in [0.2, 0.25) is 5.91 Å². The van der Waals surface area contributed by atoms with Gasteiger partial charge in [-0.05, 0) is 38.2 Å². The number of fused-ring (bicyclic) bond motifs is 1. The summed E-state index contributed by atoms with van der Waals surface area (Å²) in [5, 5.41) is 9.42. The van der Waals surface area contributed by atoms with Crippen LogP contribution >= 0.6 is 11.6 Å². The molecule has 3 rings (SSSR count). The summed E-state index contributed by atoms with van der Waals surface area (Å²) in [4.78, 5) is 15.0. The molecule has 0 aliphatic rings. The van der Waals surface area contributed by atoms with E-state index in [1.165, 1.54) is 0 Å². The fourth-order valence-corrected chi connectivity index (χ4v) is 3.53. The maximum Gasteiger partial charge on any atom is 0.244 e. The zero-order valence-corrected chi connectivity index (χ0v) is 17.4. The molecule has 0 radical (unpaired) electrons. The quantitative estimate of drug-likeness (QED) is 0.612. The van der Waals surface area contributed by atoms with Crippen molar-refractivity contribution in [3.05, 3.63) is 53.6 Å². The highest BCUT2D eigenvalue weighted by Crippen LogP contribution is 2.31. The van der Waals surface area contributed by atoms with E-state index in [9.17, 15) is 4.79 Å². The lowest BCUT2D eigenvalue weighted by Crippen LogP contribution is -2.37. The largest absolute Gasteiger partial charge is 0.353 e. The summed E-state index contributed by atoms with van der Waals surface area (Å²) in [5.41, 5.74) is 2.73. The second kappa shape index (κ2) is 9.22. The van der Waals surface area contributed by atoms with E-state index in [-0.39, 0.29) is 5.91 Å². The number of amides is 1. The van der Waals surface area contributed by atoms with Crippen LogP contribution in [0.1, 0.15) is 26.8 Å². The van der Waals surface area contributed by atoms with Gasteiger partial charge in [0.15, 0.2) is 0 Å². The molecule has 0 saturated heterocycles. The molecule has 28 heavy (non-hydrogen) atoms. The van der Waals surface area contributed by atoms with E-state index < -0.39 is 6.04 Å². The Bertz CT molecular complexity index is 934. The van der Waals surface area contributed by atoms with Crippen LogP contribution in [-0.4, -0.2) is 46.8 Å². The molecule has 0 aliphatic carbocycles. The molecule has 1 N–H and O–H groups in total. The number of hydrogen-bond acceptors (Lipinski definition) is 3. The summed E-state index contributed by atoms with van der Waals surface area (Å²) in [7, 11) is 0. The zero-order chi connectivity index (χ0) is 20.1. The molecule has 1 heterocycles. The molecule has 3 aromatic rings. The predicted molar refractivity (Wildman–Crippen MR) is 116 cm³/mol. The summed E-state index contributed by atoms with van der Waals surface area (Å²) >= 11 is 6.23. The number of likely N-dealkylation sites (N-methyl/N-ethyl adjacent to an activating group) is 1. The number of hydrogen-bond donors (Lipinski definition) is 1. The van der Waals surface area contributed by atoms with E-state index >= 15 is 0 Å². The van der Waals surface area contributed by atoms with Gasteiger partial charge in [0, 0.05) is 29.1 Å². The van der Waals surface area contributed by atoms with Crippen LogP contribution < -0.4 is 5.32 Å². The van der Waals surface area contributed by atoms with Gasteiger partial charge in [-0.15, -0.1) is 0 Å². The highest BCUT2D eigenvalue weighted by atomic mass is 35.5. The minimum Gasteiger partial charge on any atom is -0.353 e. The van der Waals surface area contributed by atoms with Gasteiger partial charge in [0.1, 0.15) is 11.7 Å². The van der Waals surface area contributed by atoms with E-state index in [2.05, 4.69) is 24.1 Å². The van der Waals surface area contributed by atoms with Gasteiger partial charge in [-0.2, -0.15) is 5.10 Å². The van der Waals surface area contributed by atoms with Crippen LogP contribution in [0.15, 0.2) is 48.5 Å². The normalized spacial score (nSPS) is 12.5. The van der Waals surface area contributed by atoms with Gasteiger partial charge < -0.3 is 10.2 Å². The molecule has 0 saturated carbocycles. The highest BCUT2D eigenvalue weighted by Gasteiger charge is 2.21. The lowest BCUT2D eigenvalue weighted by Gasteiger charge is -2.19. The fourth-order valence-electron chi connectivity index (χ4n) is 3.35. The van der Waals surface area contributed by atoms with Crippen LogP contribution in [0.4, 0.5) is 0 Å². The summed E-state index contributed by atoms with van der Waals surface area (Å²) in [6, 6.07) is 15.2. The molecule has 2 aromatic carbocycles. The van der Waals surface area contributed by atoms with Gasteiger partial charge >= 0.3 is 0 Å². The minimum atomic E-state index is -0.419. The van der Waals surface area contributed by atoms with Crippen LogP contribution in [0.3, 0.4) is 0 Å². The third kappa shape index (κ3) is 4.37. The Balaban J connectivity index is 1.87. The Morgan fingerprint density at radius 3 is 2.57 bits per heavy atom.